The highest BCUT2D eigenvalue weighted by atomic mass is 32.1. The van der Waals surface area contributed by atoms with Gasteiger partial charge in [-0.3, -0.25) is 19.3 Å². The molecule has 0 N–H and O–H groups in total. The maximum absolute atomic E-state index is 14.7. The van der Waals surface area contributed by atoms with Gasteiger partial charge in [0.2, 0.25) is 5.76 Å². The molecular formula is C30H20FN3O4S. The van der Waals surface area contributed by atoms with Crippen LogP contribution in [0.3, 0.4) is 0 Å². The Hall–Kier alpha value is -4.63. The number of amides is 2. The van der Waals surface area contributed by atoms with Crippen LogP contribution in [0.15, 0.2) is 81.5 Å². The van der Waals surface area contributed by atoms with E-state index in [0.717, 1.165) is 11.1 Å². The van der Waals surface area contributed by atoms with Crippen molar-refractivity contribution in [1.29, 1.82) is 0 Å². The molecule has 0 bridgehead atoms. The molecular weight excluding hydrogens is 517 g/mol. The Balaban J connectivity index is 1.57. The molecule has 0 saturated carbocycles. The summed E-state index contributed by atoms with van der Waals surface area (Å²) in [4.78, 5) is 50.2. The number of carbonyl (C=O) groups excluding carboxylic acids is 2. The van der Waals surface area contributed by atoms with Crippen molar-refractivity contribution in [3.8, 4) is 0 Å². The standard InChI is InChI=1S/C30H20FN3O4S/c1-16-13-19-23(14-17(16)2)38-26-24(25(19)35)30(34(27(26)36)29-32-11-12-39-29)20-8-4-6-10-22(20)33(28(30)37)15-18-7-3-5-9-21(18)31/h3-14H,15H2,1-2H3. The number of anilines is 2. The zero-order valence-electron chi connectivity index (χ0n) is 20.9. The van der Waals surface area contributed by atoms with Crippen molar-refractivity contribution in [2.45, 2.75) is 25.9 Å². The molecule has 0 fully saturated rings. The lowest BCUT2D eigenvalue weighted by Crippen LogP contribution is -2.53. The number of fused-ring (bicyclic) bond motifs is 5. The first-order chi connectivity index (χ1) is 18.8. The molecule has 0 radical (unpaired) electrons. The van der Waals surface area contributed by atoms with Gasteiger partial charge in [0, 0.05) is 22.7 Å². The number of aromatic nitrogens is 1. The Kier molecular flexibility index (Phi) is 4.93. The fourth-order valence-corrected chi connectivity index (χ4v) is 6.39. The molecule has 1 spiro atoms. The first-order valence-corrected chi connectivity index (χ1v) is 13.2. The number of para-hydroxylation sites is 1. The summed E-state index contributed by atoms with van der Waals surface area (Å²) in [6.07, 6.45) is 1.53. The highest BCUT2D eigenvalue weighted by molar-refractivity contribution is 7.13. The molecule has 7 nitrogen and oxygen atoms in total. The Morgan fingerprint density at radius 1 is 1.00 bits per heavy atom. The molecule has 3 aromatic carbocycles. The number of thiazole rings is 1. The molecule has 4 heterocycles. The predicted octanol–water partition coefficient (Wildman–Crippen LogP) is 5.46. The summed E-state index contributed by atoms with van der Waals surface area (Å²) in [7, 11) is 0. The first kappa shape index (κ1) is 23.5. The molecule has 2 aliphatic heterocycles. The lowest BCUT2D eigenvalue weighted by atomic mass is 9.84. The van der Waals surface area contributed by atoms with Crippen molar-refractivity contribution in [3.63, 3.8) is 0 Å². The third-order valence-electron chi connectivity index (χ3n) is 7.64. The molecule has 39 heavy (non-hydrogen) atoms. The summed E-state index contributed by atoms with van der Waals surface area (Å²) in [6.45, 7) is 3.69. The zero-order valence-corrected chi connectivity index (χ0v) is 21.7. The van der Waals surface area contributed by atoms with E-state index in [-0.39, 0.29) is 34.0 Å². The number of hydrogen-bond donors (Lipinski definition) is 0. The van der Waals surface area contributed by atoms with Crippen LogP contribution in [0, 0.1) is 19.7 Å². The Labute approximate surface area is 225 Å². The molecule has 192 valence electrons. The van der Waals surface area contributed by atoms with E-state index >= 15 is 0 Å². The van der Waals surface area contributed by atoms with E-state index < -0.39 is 28.6 Å². The van der Waals surface area contributed by atoms with Crippen molar-refractivity contribution in [3.05, 3.63) is 122 Å². The van der Waals surface area contributed by atoms with Gasteiger partial charge < -0.3 is 9.32 Å². The fraction of sp³-hybridized carbons (Fsp3) is 0.133. The quantitative estimate of drug-likeness (QED) is 0.305. The van der Waals surface area contributed by atoms with Crippen molar-refractivity contribution in [2.24, 2.45) is 0 Å². The lowest BCUT2D eigenvalue weighted by Gasteiger charge is -2.32. The molecule has 1 unspecified atom stereocenters. The summed E-state index contributed by atoms with van der Waals surface area (Å²) in [5, 5.41) is 2.22. The van der Waals surface area contributed by atoms with Crippen LogP contribution in [-0.2, 0) is 16.9 Å². The lowest BCUT2D eigenvalue weighted by molar-refractivity contribution is -0.121. The first-order valence-electron chi connectivity index (χ1n) is 12.3. The van der Waals surface area contributed by atoms with Gasteiger partial charge in [0.25, 0.3) is 11.8 Å². The number of rotatable bonds is 3. The Morgan fingerprint density at radius 2 is 1.74 bits per heavy atom. The zero-order chi connectivity index (χ0) is 27.1. The second-order valence-electron chi connectivity index (χ2n) is 9.73. The number of carbonyl (C=O) groups is 2. The van der Waals surface area contributed by atoms with Crippen molar-refractivity contribution in [1.82, 2.24) is 4.98 Å². The van der Waals surface area contributed by atoms with E-state index in [1.165, 1.54) is 33.4 Å². The molecule has 0 saturated heterocycles. The normalized spacial score (nSPS) is 17.9. The van der Waals surface area contributed by atoms with Gasteiger partial charge in [-0.2, -0.15) is 0 Å². The van der Waals surface area contributed by atoms with Gasteiger partial charge in [0.15, 0.2) is 16.1 Å². The van der Waals surface area contributed by atoms with Crippen LogP contribution in [0.5, 0.6) is 0 Å². The second kappa shape index (κ2) is 8.18. The molecule has 2 aromatic heterocycles. The third kappa shape index (κ3) is 3.01. The molecule has 2 aliphatic rings. The third-order valence-corrected chi connectivity index (χ3v) is 8.39. The van der Waals surface area contributed by atoms with Crippen molar-refractivity contribution < 1.29 is 18.4 Å². The largest absolute Gasteiger partial charge is 0.450 e. The van der Waals surface area contributed by atoms with Crippen molar-refractivity contribution in [2.75, 3.05) is 9.80 Å². The van der Waals surface area contributed by atoms with Crippen LogP contribution in [-0.4, -0.2) is 16.8 Å². The number of nitrogens with zero attached hydrogens (tertiary/aromatic N) is 3. The van der Waals surface area contributed by atoms with Gasteiger partial charge in [0.1, 0.15) is 11.4 Å². The number of hydrogen-bond acceptors (Lipinski definition) is 6. The fourth-order valence-electron chi connectivity index (χ4n) is 5.70. The molecule has 1 atom stereocenters. The van der Waals surface area contributed by atoms with Gasteiger partial charge in [0.05, 0.1) is 23.2 Å². The highest BCUT2D eigenvalue weighted by Gasteiger charge is 2.66. The number of benzene rings is 3. The monoisotopic (exact) mass is 537 g/mol. The van der Waals surface area contributed by atoms with Crippen LogP contribution in [0.4, 0.5) is 15.2 Å². The minimum Gasteiger partial charge on any atom is -0.450 e. The minimum absolute atomic E-state index is 0.0491. The van der Waals surface area contributed by atoms with E-state index in [1.54, 1.807) is 60.0 Å². The van der Waals surface area contributed by atoms with E-state index in [2.05, 4.69) is 4.98 Å². The summed E-state index contributed by atoms with van der Waals surface area (Å²) < 4.78 is 20.9. The number of aryl methyl sites for hydroxylation is 2. The Morgan fingerprint density at radius 3 is 2.51 bits per heavy atom. The molecule has 7 rings (SSSR count). The van der Waals surface area contributed by atoms with Crippen molar-refractivity contribution >= 4 is 44.9 Å². The Bertz CT molecular complexity index is 1920. The van der Waals surface area contributed by atoms with E-state index in [1.807, 2.05) is 13.8 Å². The summed E-state index contributed by atoms with van der Waals surface area (Å²) in [5.74, 6) is -1.83. The predicted molar refractivity (Wildman–Crippen MR) is 146 cm³/mol. The highest BCUT2D eigenvalue weighted by Crippen LogP contribution is 2.54. The van der Waals surface area contributed by atoms with E-state index in [4.69, 9.17) is 4.42 Å². The second-order valence-corrected chi connectivity index (χ2v) is 10.6. The smallest absolute Gasteiger partial charge is 0.297 e. The van der Waals surface area contributed by atoms with Crippen LogP contribution in [0.25, 0.3) is 11.0 Å². The van der Waals surface area contributed by atoms with Crippen LogP contribution in [0.2, 0.25) is 0 Å². The topological polar surface area (TPSA) is 83.7 Å². The van der Waals surface area contributed by atoms with Crippen LogP contribution >= 0.6 is 11.3 Å². The van der Waals surface area contributed by atoms with Gasteiger partial charge in [-0.1, -0.05) is 36.4 Å². The van der Waals surface area contributed by atoms with Crippen LogP contribution < -0.4 is 15.2 Å². The summed E-state index contributed by atoms with van der Waals surface area (Å²) >= 11 is 1.17. The van der Waals surface area contributed by atoms with Gasteiger partial charge >= 0.3 is 0 Å². The van der Waals surface area contributed by atoms with Gasteiger partial charge in [-0.05, 0) is 49.2 Å². The molecule has 5 aromatic rings. The van der Waals surface area contributed by atoms with E-state index in [9.17, 15) is 18.8 Å². The average Bonchev–Trinajstić information content (AvgIpc) is 3.60. The summed E-state index contributed by atoms with van der Waals surface area (Å²) in [5.41, 5.74) is 0.902. The molecule has 0 aliphatic carbocycles. The number of halogens is 1. The van der Waals surface area contributed by atoms with Gasteiger partial charge in [-0.25, -0.2) is 9.37 Å². The minimum atomic E-state index is -1.86. The molecule has 9 heteroatoms. The van der Waals surface area contributed by atoms with Gasteiger partial charge in [-0.15, -0.1) is 11.3 Å². The van der Waals surface area contributed by atoms with E-state index in [0.29, 0.717) is 16.8 Å². The maximum Gasteiger partial charge on any atom is 0.297 e. The van der Waals surface area contributed by atoms with Crippen LogP contribution in [0.1, 0.15) is 38.4 Å². The average molecular weight is 538 g/mol. The molecule has 2 amide bonds. The summed E-state index contributed by atoms with van der Waals surface area (Å²) in [6, 6.07) is 16.6. The SMILES string of the molecule is Cc1cc2oc3c(c(=O)c2cc1C)C1(C(=O)N(Cc2ccccc2F)c2ccccc21)N(c1nccs1)C3=O. The maximum atomic E-state index is 14.7.